The zero-order chi connectivity index (χ0) is 25.9. The van der Waals surface area contributed by atoms with Gasteiger partial charge in [0.15, 0.2) is 17.3 Å². The maximum atomic E-state index is 13.5. The van der Waals surface area contributed by atoms with Crippen molar-refractivity contribution in [2.45, 2.75) is 6.92 Å². The minimum Gasteiger partial charge on any atom is -0.490 e. The molecule has 5 aromatic rings. The normalized spacial score (nSPS) is 11.3. The molecular weight excluding hydrogens is 649 g/mol. The summed E-state index contributed by atoms with van der Waals surface area (Å²) < 4.78 is 20.5. The molecule has 0 N–H and O–H groups in total. The van der Waals surface area contributed by atoms with Crippen molar-refractivity contribution < 1.29 is 13.9 Å². The van der Waals surface area contributed by atoms with E-state index in [9.17, 15) is 4.79 Å². The van der Waals surface area contributed by atoms with E-state index >= 15 is 0 Å². The quantitative estimate of drug-likeness (QED) is 0.113. The lowest BCUT2D eigenvalue weighted by Crippen LogP contribution is -2.20. The summed E-state index contributed by atoms with van der Waals surface area (Å²) in [4.78, 5) is 18.2. The molecular formula is C28H19BrIN3O4. The van der Waals surface area contributed by atoms with Crippen LogP contribution in [0, 0.1) is 15.9 Å². The number of benzene rings is 3. The van der Waals surface area contributed by atoms with Crippen molar-refractivity contribution in [1.29, 1.82) is 0 Å². The van der Waals surface area contributed by atoms with Gasteiger partial charge in [0.1, 0.15) is 12.2 Å². The molecule has 0 unspecified atom stereocenters. The van der Waals surface area contributed by atoms with Crippen molar-refractivity contribution in [3.63, 3.8) is 0 Å². The largest absolute Gasteiger partial charge is 0.490 e. The fourth-order valence-corrected chi connectivity index (χ4v) is 4.98. The predicted molar refractivity (Wildman–Crippen MR) is 157 cm³/mol. The first-order chi connectivity index (χ1) is 18.0. The van der Waals surface area contributed by atoms with Crippen LogP contribution in [0.1, 0.15) is 12.5 Å². The summed E-state index contributed by atoms with van der Waals surface area (Å²) >= 11 is 5.64. The van der Waals surface area contributed by atoms with E-state index in [0.29, 0.717) is 51.7 Å². The van der Waals surface area contributed by atoms with Crippen LogP contribution in [0.5, 0.6) is 11.5 Å². The lowest BCUT2D eigenvalue weighted by Gasteiger charge is -2.13. The van der Waals surface area contributed by atoms with Crippen LogP contribution in [-0.4, -0.2) is 29.1 Å². The highest BCUT2D eigenvalue weighted by Gasteiger charge is 2.17. The van der Waals surface area contributed by atoms with Crippen LogP contribution in [0.2, 0.25) is 0 Å². The minimum atomic E-state index is -0.313. The zero-order valence-electron chi connectivity index (χ0n) is 19.6. The molecule has 7 nitrogen and oxygen atoms in total. The lowest BCUT2D eigenvalue weighted by molar-refractivity contribution is 0.298. The fraction of sp³-hybridized carbons (Fsp3) is 0.107. The van der Waals surface area contributed by atoms with Gasteiger partial charge >= 0.3 is 0 Å². The van der Waals surface area contributed by atoms with E-state index in [-0.39, 0.29) is 12.2 Å². The number of para-hydroxylation sites is 1. The highest BCUT2D eigenvalue weighted by molar-refractivity contribution is 14.1. The molecule has 0 aliphatic heterocycles. The van der Waals surface area contributed by atoms with E-state index in [0.717, 1.165) is 13.4 Å². The third-order valence-electron chi connectivity index (χ3n) is 5.41. The molecule has 0 aliphatic carbocycles. The van der Waals surface area contributed by atoms with Gasteiger partial charge < -0.3 is 13.9 Å². The monoisotopic (exact) mass is 667 g/mol. The SMILES string of the molecule is C#CCOc1c(I)cc(C=Nn2c(-c3cc4cc(Br)ccc4o3)nc3ccccc3c2=O)cc1OCC. The number of fused-ring (bicyclic) bond motifs is 2. The number of hydrogen-bond donors (Lipinski definition) is 0. The second-order valence-electron chi connectivity index (χ2n) is 7.86. The molecule has 2 heterocycles. The van der Waals surface area contributed by atoms with Crippen molar-refractivity contribution in [1.82, 2.24) is 9.66 Å². The van der Waals surface area contributed by atoms with Gasteiger partial charge in [0.25, 0.3) is 5.56 Å². The lowest BCUT2D eigenvalue weighted by atomic mass is 10.2. The van der Waals surface area contributed by atoms with Crippen LogP contribution in [0.4, 0.5) is 0 Å². The standard InChI is InChI=1S/C28H19BrIN3O4/c1-3-11-36-26-21(30)12-17(13-24(26)35-4-2)16-31-33-27(32-22-8-6-5-7-20(22)28(33)34)25-15-18-14-19(29)9-10-23(18)37-25/h1,5-10,12-16H,4,11H2,2H3. The highest BCUT2D eigenvalue weighted by Crippen LogP contribution is 2.34. The summed E-state index contributed by atoms with van der Waals surface area (Å²) in [5, 5.41) is 5.86. The summed E-state index contributed by atoms with van der Waals surface area (Å²) in [6, 6.07) is 18.3. The Bertz CT molecular complexity index is 1770. The smallest absolute Gasteiger partial charge is 0.282 e. The summed E-state index contributed by atoms with van der Waals surface area (Å²) in [6.45, 7) is 2.46. The number of halogens is 2. The Morgan fingerprint density at radius 2 is 2.03 bits per heavy atom. The first kappa shape index (κ1) is 25.0. The molecule has 0 bridgehead atoms. The van der Waals surface area contributed by atoms with Crippen molar-refractivity contribution >= 4 is 66.6 Å². The Morgan fingerprint density at radius 3 is 2.84 bits per heavy atom. The summed E-state index contributed by atoms with van der Waals surface area (Å²) in [5.74, 6) is 4.29. The average molecular weight is 668 g/mol. The highest BCUT2D eigenvalue weighted by atomic mass is 127. The van der Waals surface area contributed by atoms with Crippen molar-refractivity contribution in [3.8, 4) is 35.4 Å². The molecule has 0 atom stereocenters. The third-order valence-corrected chi connectivity index (χ3v) is 6.70. The number of terminal acetylenes is 1. The Morgan fingerprint density at radius 1 is 1.19 bits per heavy atom. The Hall–Kier alpha value is -3.62. The van der Waals surface area contributed by atoms with Gasteiger partial charge in [-0.15, -0.1) is 6.42 Å². The molecule has 0 aliphatic rings. The Balaban J connectivity index is 1.65. The predicted octanol–water partition coefficient (Wildman–Crippen LogP) is 6.47. The van der Waals surface area contributed by atoms with Gasteiger partial charge in [0.05, 0.1) is 27.3 Å². The second kappa shape index (κ2) is 10.8. The summed E-state index contributed by atoms with van der Waals surface area (Å²) in [7, 11) is 0. The first-order valence-corrected chi connectivity index (χ1v) is 13.1. The van der Waals surface area contributed by atoms with Gasteiger partial charge in [-0.2, -0.15) is 9.78 Å². The van der Waals surface area contributed by atoms with Crippen LogP contribution in [-0.2, 0) is 0 Å². The zero-order valence-corrected chi connectivity index (χ0v) is 23.3. The molecule has 5 rings (SSSR count). The number of ether oxygens (including phenoxy) is 2. The Labute approximate surface area is 234 Å². The molecule has 0 saturated carbocycles. The number of hydrogen-bond acceptors (Lipinski definition) is 6. The number of furan rings is 1. The van der Waals surface area contributed by atoms with E-state index < -0.39 is 0 Å². The molecule has 37 heavy (non-hydrogen) atoms. The molecule has 0 spiro atoms. The molecule has 9 heteroatoms. The van der Waals surface area contributed by atoms with E-state index in [4.69, 9.17) is 25.3 Å². The first-order valence-electron chi connectivity index (χ1n) is 11.3. The van der Waals surface area contributed by atoms with Gasteiger partial charge in [0, 0.05) is 9.86 Å². The molecule has 2 aromatic heterocycles. The fourth-order valence-electron chi connectivity index (χ4n) is 3.82. The summed E-state index contributed by atoms with van der Waals surface area (Å²) in [5.41, 5.74) is 1.63. The van der Waals surface area contributed by atoms with Crippen molar-refractivity contribution in [2.75, 3.05) is 13.2 Å². The van der Waals surface area contributed by atoms with Gasteiger partial charge in [-0.05, 0) is 83.6 Å². The minimum absolute atomic E-state index is 0.124. The van der Waals surface area contributed by atoms with Gasteiger partial charge in [-0.1, -0.05) is 34.0 Å². The van der Waals surface area contributed by atoms with E-state index in [1.54, 1.807) is 30.5 Å². The van der Waals surface area contributed by atoms with Crippen molar-refractivity contribution in [2.24, 2.45) is 5.10 Å². The van der Waals surface area contributed by atoms with Crippen molar-refractivity contribution in [3.05, 3.63) is 84.6 Å². The van der Waals surface area contributed by atoms with E-state index in [1.807, 2.05) is 43.3 Å². The molecule has 0 amide bonds. The molecule has 0 fully saturated rings. The van der Waals surface area contributed by atoms with Crippen LogP contribution in [0.3, 0.4) is 0 Å². The Kier molecular flexibility index (Phi) is 7.30. The number of nitrogens with zero attached hydrogens (tertiary/aromatic N) is 3. The van der Waals surface area contributed by atoms with Gasteiger partial charge in [-0.25, -0.2) is 4.98 Å². The maximum absolute atomic E-state index is 13.5. The molecule has 184 valence electrons. The van der Waals surface area contributed by atoms with Crippen LogP contribution in [0.15, 0.2) is 79.4 Å². The van der Waals surface area contributed by atoms with Crippen LogP contribution >= 0.6 is 38.5 Å². The molecule has 0 radical (unpaired) electrons. The number of rotatable bonds is 7. The summed E-state index contributed by atoms with van der Waals surface area (Å²) in [6.07, 6.45) is 6.93. The topological polar surface area (TPSA) is 78.9 Å². The van der Waals surface area contributed by atoms with Crippen LogP contribution < -0.4 is 15.0 Å². The van der Waals surface area contributed by atoms with Crippen LogP contribution in [0.25, 0.3) is 33.5 Å². The van der Waals surface area contributed by atoms with E-state index in [1.165, 1.54) is 4.68 Å². The third kappa shape index (κ3) is 5.12. The average Bonchev–Trinajstić information content (AvgIpc) is 3.31. The van der Waals surface area contributed by atoms with E-state index in [2.05, 4.69) is 49.5 Å². The maximum Gasteiger partial charge on any atom is 0.282 e. The molecule has 0 saturated heterocycles. The van der Waals surface area contributed by atoms with Gasteiger partial charge in [0.2, 0.25) is 5.82 Å². The molecule has 3 aromatic carbocycles. The van der Waals surface area contributed by atoms with Gasteiger partial charge in [-0.3, -0.25) is 4.79 Å². The second-order valence-corrected chi connectivity index (χ2v) is 9.94. The number of aromatic nitrogens is 2.